The van der Waals surface area contributed by atoms with Crippen molar-refractivity contribution in [2.75, 3.05) is 17.2 Å². The molecule has 5 heteroatoms. The zero-order valence-corrected chi connectivity index (χ0v) is 13.3. The van der Waals surface area contributed by atoms with E-state index in [1.54, 1.807) is 35.2 Å². The molecule has 2 aromatic carbocycles. The quantitative estimate of drug-likeness (QED) is 0.834. The van der Waals surface area contributed by atoms with Gasteiger partial charge in [0.15, 0.2) is 0 Å². The van der Waals surface area contributed by atoms with E-state index in [1.165, 1.54) is 0 Å². The molecule has 0 aliphatic heterocycles. The van der Waals surface area contributed by atoms with Crippen molar-refractivity contribution >= 4 is 44.8 Å². The molecule has 0 atom stereocenters. The van der Waals surface area contributed by atoms with E-state index in [0.717, 1.165) is 5.69 Å². The van der Waals surface area contributed by atoms with Crippen LogP contribution in [-0.2, 0) is 0 Å². The van der Waals surface area contributed by atoms with Crippen LogP contribution >= 0.6 is 27.5 Å². The van der Waals surface area contributed by atoms with Gasteiger partial charge >= 0.3 is 0 Å². The zero-order chi connectivity index (χ0) is 14.7. The van der Waals surface area contributed by atoms with Crippen molar-refractivity contribution in [2.24, 2.45) is 0 Å². The molecule has 0 aliphatic carbocycles. The Morgan fingerprint density at radius 1 is 1.25 bits per heavy atom. The van der Waals surface area contributed by atoms with Gasteiger partial charge in [-0.1, -0.05) is 11.6 Å². The molecule has 0 unspecified atom stereocenters. The molecule has 0 aliphatic rings. The Balaban J connectivity index is 2.36. The molecule has 0 saturated heterocycles. The minimum atomic E-state index is -0.0826. The maximum absolute atomic E-state index is 12.6. The molecule has 0 radical (unpaired) electrons. The Labute approximate surface area is 131 Å². The summed E-state index contributed by atoms with van der Waals surface area (Å²) < 4.78 is 0.684. The molecule has 0 spiro atoms. The van der Waals surface area contributed by atoms with Gasteiger partial charge in [-0.25, -0.2) is 0 Å². The van der Waals surface area contributed by atoms with Gasteiger partial charge in [0, 0.05) is 27.4 Å². The van der Waals surface area contributed by atoms with E-state index in [9.17, 15) is 4.79 Å². The van der Waals surface area contributed by atoms with Crippen LogP contribution in [0.5, 0.6) is 0 Å². The van der Waals surface area contributed by atoms with Crippen LogP contribution in [-0.4, -0.2) is 12.5 Å². The Morgan fingerprint density at radius 3 is 2.45 bits per heavy atom. The first kappa shape index (κ1) is 14.9. The first-order chi connectivity index (χ1) is 9.52. The van der Waals surface area contributed by atoms with Crippen molar-refractivity contribution in [2.45, 2.75) is 6.92 Å². The van der Waals surface area contributed by atoms with Gasteiger partial charge in [-0.2, -0.15) is 0 Å². The molecular weight excluding hydrogens is 340 g/mol. The Kier molecular flexibility index (Phi) is 4.68. The van der Waals surface area contributed by atoms with Crippen molar-refractivity contribution in [1.82, 2.24) is 0 Å². The number of carbonyl (C=O) groups is 1. The van der Waals surface area contributed by atoms with Gasteiger partial charge < -0.3 is 10.6 Å². The number of hydrogen-bond acceptors (Lipinski definition) is 2. The van der Waals surface area contributed by atoms with Gasteiger partial charge in [-0.05, 0) is 65.3 Å². The fourth-order valence-corrected chi connectivity index (χ4v) is 2.76. The summed E-state index contributed by atoms with van der Waals surface area (Å²) >= 11 is 9.28. The Morgan fingerprint density at radius 2 is 1.90 bits per heavy atom. The zero-order valence-electron chi connectivity index (χ0n) is 10.9. The van der Waals surface area contributed by atoms with Crippen LogP contribution < -0.4 is 10.6 Å². The van der Waals surface area contributed by atoms with E-state index >= 15 is 0 Å². The van der Waals surface area contributed by atoms with Crippen molar-refractivity contribution in [3.8, 4) is 0 Å². The van der Waals surface area contributed by atoms with Crippen molar-refractivity contribution < 1.29 is 4.79 Å². The first-order valence-electron chi connectivity index (χ1n) is 6.15. The summed E-state index contributed by atoms with van der Waals surface area (Å²) in [5.41, 5.74) is 7.73. The number of anilines is 2. The fourth-order valence-electron chi connectivity index (χ4n) is 1.91. The summed E-state index contributed by atoms with van der Waals surface area (Å²) in [6.07, 6.45) is 0. The van der Waals surface area contributed by atoms with E-state index in [0.29, 0.717) is 27.3 Å². The minimum absolute atomic E-state index is 0.0826. The summed E-state index contributed by atoms with van der Waals surface area (Å²) in [5.74, 6) is -0.0826. The van der Waals surface area contributed by atoms with Gasteiger partial charge in [0.25, 0.3) is 5.91 Å². The number of halogens is 2. The number of benzene rings is 2. The topological polar surface area (TPSA) is 46.3 Å². The number of carbonyl (C=O) groups excluding carboxylic acids is 1. The average molecular weight is 354 g/mol. The summed E-state index contributed by atoms with van der Waals surface area (Å²) in [6.45, 7) is 2.50. The van der Waals surface area contributed by atoms with Crippen LogP contribution in [0.4, 0.5) is 11.4 Å². The number of nitrogens with zero attached hydrogens (tertiary/aromatic N) is 1. The smallest absolute Gasteiger partial charge is 0.259 e. The van der Waals surface area contributed by atoms with E-state index in [-0.39, 0.29) is 5.91 Å². The second-order valence-corrected chi connectivity index (χ2v) is 5.56. The predicted molar refractivity (Wildman–Crippen MR) is 87.4 cm³/mol. The number of nitrogens with two attached hydrogens (primary N) is 1. The molecule has 1 amide bonds. The summed E-state index contributed by atoms with van der Waals surface area (Å²) in [4.78, 5) is 14.3. The SMILES string of the molecule is CCN(C(=O)c1ccc(Cl)cc1Br)c1ccc(N)cc1. The molecule has 20 heavy (non-hydrogen) atoms. The molecule has 2 N–H and O–H groups in total. The molecule has 2 aromatic rings. The highest BCUT2D eigenvalue weighted by Crippen LogP contribution is 2.25. The molecular formula is C15H14BrClN2O. The fraction of sp³-hybridized carbons (Fsp3) is 0.133. The standard InChI is InChI=1S/C15H14BrClN2O/c1-2-19(12-6-4-11(18)5-7-12)15(20)13-8-3-10(17)9-14(13)16/h3-9H,2,18H2,1H3. The van der Waals surface area contributed by atoms with Crippen LogP contribution in [0.15, 0.2) is 46.9 Å². The molecule has 3 nitrogen and oxygen atoms in total. The molecule has 0 saturated carbocycles. The number of rotatable bonds is 3. The van der Waals surface area contributed by atoms with Gasteiger partial charge in [-0.15, -0.1) is 0 Å². The van der Waals surface area contributed by atoms with E-state index < -0.39 is 0 Å². The van der Waals surface area contributed by atoms with Crippen LogP contribution in [0.2, 0.25) is 5.02 Å². The Hall–Kier alpha value is -1.52. The van der Waals surface area contributed by atoms with Crippen molar-refractivity contribution in [1.29, 1.82) is 0 Å². The molecule has 104 valence electrons. The average Bonchev–Trinajstić information content (AvgIpc) is 2.41. The maximum Gasteiger partial charge on any atom is 0.259 e. The second kappa shape index (κ2) is 6.29. The van der Waals surface area contributed by atoms with Crippen LogP contribution in [0.3, 0.4) is 0 Å². The van der Waals surface area contributed by atoms with Gasteiger partial charge in [-0.3, -0.25) is 4.79 Å². The summed E-state index contributed by atoms with van der Waals surface area (Å²) in [5, 5.41) is 0.587. The largest absolute Gasteiger partial charge is 0.399 e. The highest BCUT2D eigenvalue weighted by Gasteiger charge is 2.18. The number of nitrogen functional groups attached to an aromatic ring is 1. The monoisotopic (exact) mass is 352 g/mol. The molecule has 0 bridgehead atoms. The van der Waals surface area contributed by atoms with Gasteiger partial charge in [0.05, 0.1) is 5.56 Å². The predicted octanol–water partition coefficient (Wildman–Crippen LogP) is 4.35. The highest BCUT2D eigenvalue weighted by molar-refractivity contribution is 9.10. The van der Waals surface area contributed by atoms with Crippen LogP contribution in [0.1, 0.15) is 17.3 Å². The lowest BCUT2D eigenvalue weighted by atomic mass is 10.1. The third kappa shape index (κ3) is 3.14. The molecule has 0 heterocycles. The second-order valence-electron chi connectivity index (χ2n) is 4.27. The maximum atomic E-state index is 12.6. The number of amides is 1. The summed E-state index contributed by atoms with van der Waals surface area (Å²) in [6, 6.07) is 12.4. The van der Waals surface area contributed by atoms with E-state index in [1.807, 2.05) is 19.1 Å². The van der Waals surface area contributed by atoms with E-state index in [4.69, 9.17) is 17.3 Å². The van der Waals surface area contributed by atoms with Gasteiger partial charge in [0.2, 0.25) is 0 Å². The van der Waals surface area contributed by atoms with Gasteiger partial charge in [0.1, 0.15) is 0 Å². The lowest BCUT2D eigenvalue weighted by Gasteiger charge is -2.22. The summed E-state index contributed by atoms with van der Waals surface area (Å²) in [7, 11) is 0. The molecule has 0 aromatic heterocycles. The molecule has 2 rings (SSSR count). The lowest BCUT2D eigenvalue weighted by Crippen LogP contribution is -2.30. The number of hydrogen-bond donors (Lipinski definition) is 1. The molecule has 0 fully saturated rings. The van der Waals surface area contributed by atoms with Crippen LogP contribution in [0.25, 0.3) is 0 Å². The third-order valence-corrected chi connectivity index (χ3v) is 3.82. The minimum Gasteiger partial charge on any atom is -0.399 e. The van der Waals surface area contributed by atoms with Crippen molar-refractivity contribution in [3.05, 3.63) is 57.5 Å². The lowest BCUT2D eigenvalue weighted by molar-refractivity contribution is 0.0987. The van der Waals surface area contributed by atoms with Crippen LogP contribution in [0, 0.1) is 0 Å². The highest BCUT2D eigenvalue weighted by atomic mass is 79.9. The first-order valence-corrected chi connectivity index (χ1v) is 7.32. The van der Waals surface area contributed by atoms with Crippen molar-refractivity contribution in [3.63, 3.8) is 0 Å². The Bertz CT molecular complexity index is 628. The third-order valence-electron chi connectivity index (χ3n) is 2.93. The van der Waals surface area contributed by atoms with E-state index in [2.05, 4.69) is 15.9 Å². The normalized spacial score (nSPS) is 10.3.